The molecule has 0 amide bonds. The number of aryl methyl sites for hydroxylation is 1. The molecule has 18 heteroatoms. The summed E-state index contributed by atoms with van der Waals surface area (Å²) >= 11 is 0. The van der Waals surface area contributed by atoms with E-state index in [-0.39, 0.29) is 6.54 Å². The summed E-state index contributed by atoms with van der Waals surface area (Å²) in [5.74, 6) is 0. The third kappa shape index (κ3) is 5.68. The van der Waals surface area contributed by atoms with Crippen LogP contribution in [0.25, 0.3) is 0 Å². The Hall–Kier alpha value is -1.97. The van der Waals surface area contributed by atoms with Crippen molar-refractivity contribution in [2.24, 2.45) is 7.05 Å². The lowest BCUT2D eigenvalue weighted by Gasteiger charge is -2.19. The monoisotopic (exact) mass is 498 g/mol. The van der Waals surface area contributed by atoms with Gasteiger partial charge in [-0.3, -0.25) is 23.1 Å². The van der Waals surface area contributed by atoms with E-state index in [4.69, 9.17) is 14.5 Å². The van der Waals surface area contributed by atoms with Gasteiger partial charge in [-0.15, -0.1) is 0 Å². The molecule has 5 N–H and O–H groups in total. The van der Waals surface area contributed by atoms with Gasteiger partial charge < -0.3 is 29.6 Å². The molecule has 0 saturated carbocycles. The minimum Gasteiger partial charge on any atom is -0.387 e. The van der Waals surface area contributed by atoms with Gasteiger partial charge in [-0.25, -0.2) is 13.9 Å². The van der Waals surface area contributed by atoms with Crippen molar-refractivity contribution in [1.29, 1.82) is 0 Å². The number of phosphoric ester groups is 1. The van der Waals surface area contributed by atoms with Crippen LogP contribution in [0.3, 0.4) is 0 Å². The zero-order valence-corrected chi connectivity index (χ0v) is 18.1. The van der Waals surface area contributed by atoms with Gasteiger partial charge in [0, 0.05) is 25.5 Å². The molecule has 2 aromatic heterocycles. The van der Waals surface area contributed by atoms with Crippen molar-refractivity contribution < 1.29 is 47.6 Å². The lowest BCUT2D eigenvalue weighted by atomic mass is 10.1. The number of ether oxygens (including phenoxy) is 1. The van der Waals surface area contributed by atoms with Crippen LogP contribution in [0.1, 0.15) is 11.9 Å². The maximum Gasteiger partial charge on any atom is 0.481 e. The quantitative estimate of drug-likeness (QED) is 0.240. The summed E-state index contributed by atoms with van der Waals surface area (Å²) in [6.07, 6.45) is -3.79. The summed E-state index contributed by atoms with van der Waals surface area (Å²) in [5, 5.41) is 24.5. The molecule has 3 heterocycles. The van der Waals surface area contributed by atoms with E-state index in [0.29, 0.717) is 5.69 Å². The average Bonchev–Trinajstić information content (AvgIpc) is 3.19. The predicted molar refractivity (Wildman–Crippen MR) is 102 cm³/mol. The van der Waals surface area contributed by atoms with E-state index in [1.165, 1.54) is 4.68 Å². The Morgan fingerprint density at radius 3 is 2.41 bits per heavy atom. The Labute approximate surface area is 178 Å². The fourth-order valence-corrected chi connectivity index (χ4v) is 4.60. The highest BCUT2D eigenvalue weighted by Gasteiger charge is 2.46. The van der Waals surface area contributed by atoms with Gasteiger partial charge in [-0.2, -0.15) is 9.41 Å². The highest BCUT2D eigenvalue weighted by atomic mass is 31.3. The summed E-state index contributed by atoms with van der Waals surface area (Å²) in [4.78, 5) is 51.5. The lowest BCUT2D eigenvalue weighted by molar-refractivity contribution is -0.0547. The van der Waals surface area contributed by atoms with Gasteiger partial charge in [0.25, 0.3) is 5.56 Å². The fraction of sp³-hybridized carbons (Fsp3) is 0.500. The van der Waals surface area contributed by atoms with Crippen LogP contribution < -0.4 is 11.2 Å². The van der Waals surface area contributed by atoms with Crippen LogP contribution in [0.15, 0.2) is 34.1 Å². The fourth-order valence-electron chi connectivity index (χ4n) is 3.00. The minimum atomic E-state index is -5.36. The van der Waals surface area contributed by atoms with E-state index < -0.39 is 58.0 Å². The molecule has 16 nitrogen and oxygen atoms in total. The van der Waals surface area contributed by atoms with Crippen molar-refractivity contribution >= 4 is 15.6 Å². The molecule has 1 fully saturated rings. The second kappa shape index (κ2) is 9.11. The van der Waals surface area contributed by atoms with Crippen molar-refractivity contribution in [3.8, 4) is 0 Å². The maximum absolute atomic E-state index is 12.8. The Morgan fingerprint density at radius 1 is 1.12 bits per heavy atom. The largest absolute Gasteiger partial charge is 0.481 e. The van der Waals surface area contributed by atoms with Gasteiger partial charge in [0.2, 0.25) is 0 Å². The SMILES string of the molecule is Cn1ccc(Cn2c(=O)ccn(C3OC(COP(=O)(O)OP(=O)(O)O)C(O)C3O)c2=O)n1. The van der Waals surface area contributed by atoms with Crippen molar-refractivity contribution in [1.82, 2.24) is 18.9 Å². The van der Waals surface area contributed by atoms with Crippen molar-refractivity contribution in [2.75, 3.05) is 6.61 Å². The smallest absolute Gasteiger partial charge is 0.387 e. The topological polar surface area (TPSA) is 225 Å². The third-order valence-electron chi connectivity index (χ3n) is 4.41. The number of hydrogen-bond donors (Lipinski definition) is 5. The molecule has 1 saturated heterocycles. The highest BCUT2D eigenvalue weighted by Crippen LogP contribution is 2.57. The standard InChI is InChI=1S/C14H20N4O12P2/c1-16-4-2-8(15-16)6-18-10(19)3-5-17(14(18)22)13-12(21)11(20)9(29-13)7-28-32(26,27)30-31(23,24)25/h2-5,9,11-13,20-21H,6-7H2,1H3,(H,26,27)(H2,23,24,25). The van der Waals surface area contributed by atoms with Crippen LogP contribution >= 0.6 is 15.6 Å². The number of hydrogen-bond acceptors (Lipinski definition) is 10. The second-order valence-corrected chi connectivity index (χ2v) is 9.62. The number of aliphatic hydroxyl groups is 2. The Balaban J connectivity index is 1.79. The molecule has 32 heavy (non-hydrogen) atoms. The van der Waals surface area contributed by atoms with Gasteiger partial charge in [0.15, 0.2) is 6.23 Å². The average molecular weight is 498 g/mol. The number of phosphoric acid groups is 2. The molecule has 0 radical (unpaired) electrons. The molecular formula is C14H20N4O12P2. The molecule has 0 aromatic carbocycles. The van der Waals surface area contributed by atoms with Crippen LogP contribution in [0.5, 0.6) is 0 Å². The first-order chi connectivity index (χ1) is 14.8. The molecule has 0 bridgehead atoms. The first-order valence-electron chi connectivity index (χ1n) is 8.84. The van der Waals surface area contributed by atoms with Crippen LogP contribution in [-0.2, 0) is 36.3 Å². The first-order valence-corrected chi connectivity index (χ1v) is 11.9. The Morgan fingerprint density at radius 2 is 1.81 bits per heavy atom. The van der Waals surface area contributed by atoms with Crippen LogP contribution in [0.4, 0.5) is 0 Å². The van der Waals surface area contributed by atoms with Gasteiger partial charge in [-0.1, -0.05) is 0 Å². The van der Waals surface area contributed by atoms with E-state index in [0.717, 1.165) is 21.4 Å². The molecule has 5 atom stereocenters. The summed E-state index contributed by atoms with van der Waals surface area (Å²) in [5.41, 5.74) is -1.13. The summed E-state index contributed by atoms with van der Waals surface area (Å²) in [7, 11) is -8.93. The second-order valence-electron chi connectivity index (χ2n) is 6.79. The number of aliphatic hydroxyl groups excluding tert-OH is 2. The summed E-state index contributed by atoms with van der Waals surface area (Å²) in [6.45, 7) is -1.10. The summed E-state index contributed by atoms with van der Waals surface area (Å²) < 4.78 is 38.7. The van der Waals surface area contributed by atoms with Gasteiger partial charge in [0.05, 0.1) is 18.8 Å². The van der Waals surface area contributed by atoms with E-state index in [2.05, 4.69) is 13.9 Å². The normalized spacial score (nSPS) is 25.7. The molecule has 3 rings (SSSR count). The van der Waals surface area contributed by atoms with E-state index >= 15 is 0 Å². The van der Waals surface area contributed by atoms with E-state index in [1.54, 1.807) is 19.3 Å². The number of aromatic nitrogens is 4. The molecule has 0 spiro atoms. The molecule has 0 aliphatic carbocycles. The molecule has 5 unspecified atom stereocenters. The molecule has 1 aliphatic rings. The lowest BCUT2D eigenvalue weighted by Crippen LogP contribution is -2.43. The van der Waals surface area contributed by atoms with Gasteiger partial charge in [-0.05, 0) is 6.07 Å². The maximum atomic E-state index is 12.8. The van der Waals surface area contributed by atoms with Gasteiger partial charge >= 0.3 is 21.3 Å². The van der Waals surface area contributed by atoms with Gasteiger partial charge in [0.1, 0.15) is 18.3 Å². The summed E-state index contributed by atoms with van der Waals surface area (Å²) in [6, 6.07) is 2.63. The number of nitrogens with zero attached hydrogens (tertiary/aromatic N) is 4. The highest BCUT2D eigenvalue weighted by molar-refractivity contribution is 7.60. The third-order valence-corrected chi connectivity index (χ3v) is 6.56. The van der Waals surface area contributed by atoms with Crippen molar-refractivity contribution in [3.05, 3.63) is 51.1 Å². The zero-order chi connectivity index (χ0) is 23.8. The minimum absolute atomic E-state index is 0.176. The van der Waals surface area contributed by atoms with E-state index in [9.17, 15) is 33.8 Å². The Bertz CT molecular complexity index is 1180. The molecule has 1 aliphatic heterocycles. The molecule has 2 aromatic rings. The van der Waals surface area contributed by atoms with Crippen LogP contribution in [-0.4, -0.2) is 68.7 Å². The predicted octanol–water partition coefficient (Wildman–Crippen LogP) is -2.36. The number of rotatable bonds is 8. The van der Waals surface area contributed by atoms with Crippen molar-refractivity contribution in [2.45, 2.75) is 31.1 Å². The zero-order valence-electron chi connectivity index (χ0n) is 16.3. The molecule has 178 valence electrons. The first kappa shape index (κ1) is 24.7. The van der Waals surface area contributed by atoms with Crippen LogP contribution in [0, 0.1) is 0 Å². The van der Waals surface area contributed by atoms with E-state index in [1.807, 2.05) is 0 Å². The van der Waals surface area contributed by atoms with Crippen LogP contribution in [0.2, 0.25) is 0 Å². The molecular weight excluding hydrogens is 478 g/mol. The Kier molecular flexibility index (Phi) is 7.02. The van der Waals surface area contributed by atoms with Crippen molar-refractivity contribution in [3.63, 3.8) is 0 Å².